The van der Waals surface area contributed by atoms with Gasteiger partial charge in [-0.25, -0.2) is 4.79 Å². The number of imide groups is 1. The van der Waals surface area contributed by atoms with Gasteiger partial charge in [0.15, 0.2) is 0 Å². The minimum atomic E-state index is -1.41. The zero-order chi connectivity index (χ0) is 16.2. The van der Waals surface area contributed by atoms with Gasteiger partial charge in [-0.15, -0.1) is 5.06 Å². The molecule has 7 nitrogen and oxygen atoms in total. The van der Waals surface area contributed by atoms with Gasteiger partial charge in [0.25, 0.3) is 11.8 Å². The van der Waals surface area contributed by atoms with Crippen LogP contribution in [0.3, 0.4) is 0 Å². The lowest BCUT2D eigenvalue weighted by Gasteiger charge is -2.34. The molecule has 1 heterocycles. The lowest BCUT2D eigenvalue weighted by atomic mass is 9.85. The standard InChI is InChI=1S/C15H21NO6/c1-21-11-6-4-2-3-5-9-15(11,20)10-14(19)22-16-12(17)7-8-13(16)18/h4,6,11,20H,2-3,5,7-10H2,1H3/b6-4+. The van der Waals surface area contributed by atoms with Crippen LogP contribution in [0.2, 0.25) is 0 Å². The van der Waals surface area contributed by atoms with Crippen LogP contribution < -0.4 is 0 Å². The molecule has 1 aliphatic carbocycles. The van der Waals surface area contributed by atoms with Crippen molar-refractivity contribution in [1.29, 1.82) is 0 Å². The number of ether oxygens (including phenoxy) is 1. The number of allylic oxidation sites excluding steroid dienone is 1. The van der Waals surface area contributed by atoms with Gasteiger partial charge in [0, 0.05) is 20.0 Å². The smallest absolute Gasteiger partial charge is 0.336 e. The molecule has 0 radical (unpaired) electrons. The molecule has 1 fully saturated rings. The Morgan fingerprint density at radius 3 is 2.68 bits per heavy atom. The van der Waals surface area contributed by atoms with Crippen LogP contribution in [0.5, 0.6) is 0 Å². The van der Waals surface area contributed by atoms with Crippen molar-refractivity contribution in [3.8, 4) is 0 Å². The summed E-state index contributed by atoms with van der Waals surface area (Å²) in [7, 11) is 1.46. The third-order valence-electron chi connectivity index (χ3n) is 3.97. The number of nitrogens with zero attached hydrogens (tertiary/aromatic N) is 1. The summed E-state index contributed by atoms with van der Waals surface area (Å²) < 4.78 is 5.26. The van der Waals surface area contributed by atoms with Crippen LogP contribution in [-0.4, -0.2) is 46.8 Å². The fourth-order valence-corrected chi connectivity index (χ4v) is 2.76. The predicted octanol–water partition coefficient (Wildman–Crippen LogP) is 0.860. The maximum atomic E-state index is 12.0. The van der Waals surface area contributed by atoms with Crippen LogP contribution in [0.25, 0.3) is 0 Å². The third-order valence-corrected chi connectivity index (χ3v) is 3.97. The summed E-state index contributed by atoms with van der Waals surface area (Å²) in [5, 5.41) is 11.2. The van der Waals surface area contributed by atoms with E-state index in [1.54, 1.807) is 6.08 Å². The van der Waals surface area contributed by atoms with Crippen LogP contribution >= 0.6 is 0 Å². The molecule has 0 saturated carbocycles. The molecule has 0 aromatic heterocycles. The average Bonchev–Trinajstić information content (AvgIpc) is 2.76. The highest BCUT2D eigenvalue weighted by Crippen LogP contribution is 2.29. The van der Waals surface area contributed by atoms with E-state index in [0.717, 1.165) is 19.3 Å². The van der Waals surface area contributed by atoms with Gasteiger partial charge in [0.1, 0.15) is 11.7 Å². The quantitative estimate of drug-likeness (QED) is 0.611. The van der Waals surface area contributed by atoms with E-state index >= 15 is 0 Å². The van der Waals surface area contributed by atoms with Crippen molar-refractivity contribution in [2.24, 2.45) is 0 Å². The van der Waals surface area contributed by atoms with E-state index in [1.807, 2.05) is 6.08 Å². The van der Waals surface area contributed by atoms with Gasteiger partial charge in [0.05, 0.1) is 6.42 Å². The molecule has 2 unspecified atom stereocenters. The summed E-state index contributed by atoms with van der Waals surface area (Å²) >= 11 is 0. The number of aliphatic hydroxyl groups is 1. The van der Waals surface area contributed by atoms with Crippen LogP contribution in [0, 0.1) is 0 Å². The Kier molecular flexibility index (Phi) is 5.31. The van der Waals surface area contributed by atoms with E-state index in [1.165, 1.54) is 7.11 Å². The highest BCUT2D eigenvalue weighted by atomic mass is 16.7. The molecule has 2 amide bonds. The van der Waals surface area contributed by atoms with E-state index < -0.39 is 29.5 Å². The zero-order valence-corrected chi connectivity index (χ0v) is 12.6. The topological polar surface area (TPSA) is 93.1 Å². The summed E-state index contributed by atoms with van der Waals surface area (Å²) in [5.74, 6) is -1.89. The maximum Gasteiger partial charge on any atom is 0.336 e. The summed E-state index contributed by atoms with van der Waals surface area (Å²) in [6.07, 6.45) is 5.69. The average molecular weight is 311 g/mol. The Labute approximate surface area is 128 Å². The minimum Gasteiger partial charge on any atom is -0.386 e. The van der Waals surface area contributed by atoms with Crippen molar-refractivity contribution in [1.82, 2.24) is 5.06 Å². The number of methoxy groups -OCH3 is 1. The summed E-state index contributed by atoms with van der Waals surface area (Å²) in [6, 6.07) is 0. The van der Waals surface area contributed by atoms with Crippen molar-refractivity contribution in [2.45, 2.75) is 56.7 Å². The summed E-state index contributed by atoms with van der Waals surface area (Å²) in [5.41, 5.74) is -1.41. The SMILES string of the molecule is COC1/C=C/CCCCC1(O)CC(=O)ON1C(=O)CCC1=O. The Balaban J connectivity index is 2.03. The largest absolute Gasteiger partial charge is 0.386 e. The molecule has 1 saturated heterocycles. The normalized spacial score (nSPS) is 30.8. The number of hydroxylamine groups is 2. The van der Waals surface area contributed by atoms with Crippen LogP contribution in [0.1, 0.15) is 44.9 Å². The molecule has 2 rings (SSSR count). The van der Waals surface area contributed by atoms with Gasteiger partial charge >= 0.3 is 5.97 Å². The first-order chi connectivity index (χ1) is 10.5. The van der Waals surface area contributed by atoms with Gasteiger partial charge in [-0.05, 0) is 19.3 Å². The Morgan fingerprint density at radius 2 is 2.05 bits per heavy atom. The van der Waals surface area contributed by atoms with Crippen molar-refractivity contribution in [3.05, 3.63) is 12.2 Å². The maximum absolute atomic E-state index is 12.0. The van der Waals surface area contributed by atoms with Crippen molar-refractivity contribution in [3.63, 3.8) is 0 Å². The molecule has 0 spiro atoms. The van der Waals surface area contributed by atoms with Gasteiger partial charge < -0.3 is 14.7 Å². The monoisotopic (exact) mass is 311 g/mol. The van der Waals surface area contributed by atoms with E-state index in [-0.39, 0.29) is 19.3 Å². The van der Waals surface area contributed by atoms with E-state index in [9.17, 15) is 19.5 Å². The number of amides is 2. The number of rotatable bonds is 4. The fourth-order valence-electron chi connectivity index (χ4n) is 2.76. The number of carbonyl (C=O) groups is 3. The minimum absolute atomic E-state index is 0.0415. The molecule has 22 heavy (non-hydrogen) atoms. The molecule has 0 aromatic carbocycles. The molecule has 1 aliphatic heterocycles. The van der Waals surface area contributed by atoms with Crippen LogP contribution in [0.4, 0.5) is 0 Å². The van der Waals surface area contributed by atoms with E-state index in [4.69, 9.17) is 9.57 Å². The van der Waals surface area contributed by atoms with E-state index in [2.05, 4.69) is 0 Å². The highest BCUT2D eigenvalue weighted by Gasteiger charge is 2.40. The lowest BCUT2D eigenvalue weighted by Crippen LogP contribution is -2.46. The Morgan fingerprint density at radius 1 is 1.36 bits per heavy atom. The van der Waals surface area contributed by atoms with Crippen molar-refractivity contribution in [2.75, 3.05) is 7.11 Å². The molecular weight excluding hydrogens is 290 g/mol. The number of hydrogen-bond acceptors (Lipinski definition) is 6. The van der Waals surface area contributed by atoms with Gasteiger partial charge in [-0.3, -0.25) is 9.59 Å². The Bertz CT molecular complexity index is 472. The number of carbonyl (C=O) groups excluding carboxylic acids is 3. The first kappa shape index (κ1) is 16.6. The summed E-state index contributed by atoms with van der Waals surface area (Å²) in [4.78, 5) is 39.7. The van der Waals surface area contributed by atoms with Gasteiger partial charge in [0.2, 0.25) is 0 Å². The molecule has 0 bridgehead atoms. The first-order valence-electron chi connectivity index (χ1n) is 7.45. The van der Waals surface area contributed by atoms with Crippen LogP contribution in [0.15, 0.2) is 12.2 Å². The molecule has 0 aromatic rings. The summed E-state index contributed by atoms with van der Waals surface area (Å²) in [6.45, 7) is 0. The molecule has 1 N–H and O–H groups in total. The van der Waals surface area contributed by atoms with E-state index in [0.29, 0.717) is 11.5 Å². The zero-order valence-electron chi connectivity index (χ0n) is 12.6. The molecule has 2 aliphatic rings. The molecule has 2 atom stereocenters. The predicted molar refractivity (Wildman–Crippen MR) is 75.2 cm³/mol. The van der Waals surface area contributed by atoms with Gasteiger partial charge in [-0.1, -0.05) is 18.6 Å². The third kappa shape index (κ3) is 3.72. The molecular formula is C15H21NO6. The Hall–Kier alpha value is -1.73. The molecule has 7 heteroatoms. The van der Waals surface area contributed by atoms with Gasteiger partial charge in [-0.2, -0.15) is 0 Å². The second-order valence-corrected chi connectivity index (χ2v) is 5.66. The second-order valence-electron chi connectivity index (χ2n) is 5.66. The first-order valence-corrected chi connectivity index (χ1v) is 7.45. The fraction of sp³-hybridized carbons (Fsp3) is 0.667. The number of hydrogen-bond donors (Lipinski definition) is 1. The second kappa shape index (κ2) is 7.02. The lowest BCUT2D eigenvalue weighted by molar-refractivity contribution is -0.202. The van der Waals surface area contributed by atoms with Crippen molar-refractivity contribution >= 4 is 17.8 Å². The van der Waals surface area contributed by atoms with Crippen LogP contribution in [-0.2, 0) is 24.0 Å². The highest BCUT2D eigenvalue weighted by molar-refractivity contribution is 6.01. The van der Waals surface area contributed by atoms with Crippen molar-refractivity contribution < 1.29 is 29.1 Å². The molecule has 122 valence electrons.